The van der Waals surface area contributed by atoms with Gasteiger partial charge in [-0.2, -0.15) is 0 Å². The Morgan fingerprint density at radius 1 is 1.37 bits per heavy atom. The number of aromatic nitrogens is 1. The Morgan fingerprint density at radius 2 is 2.10 bits per heavy atom. The van der Waals surface area contributed by atoms with E-state index in [0.717, 1.165) is 41.7 Å². The smallest absolute Gasteiger partial charge is 0.228 e. The standard InChI is InChI=1S/C24H28BFN2O2/c1-14-8-17(13-19(26)9-14)21-6-7-24(3,30)28(21)23(29)18-11-16(12-18)10-15(2)20-4-5-22(25)27-20/h4-5,8-9,13,16,18,21,27,30H,2,6-7,10-12H2,1,3H3. The van der Waals surface area contributed by atoms with Gasteiger partial charge >= 0.3 is 0 Å². The summed E-state index contributed by atoms with van der Waals surface area (Å²) in [6.07, 6.45) is 3.47. The van der Waals surface area contributed by atoms with E-state index < -0.39 is 5.72 Å². The van der Waals surface area contributed by atoms with Gasteiger partial charge in [-0.3, -0.25) is 4.79 Å². The Balaban J connectivity index is 1.43. The minimum absolute atomic E-state index is 0.0320. The summed E-state index contributed by atoms with van der Waals surface area (Å²) < 4.78 is 14.0. The van der Waals surface area contributed by atoms with Crippen LogP contribution < -0.4 is 5.59 Å². The zero-order chi connectivity index (χ0) is 21.6. The second-order valence-electron chi connectivity index (χ2n) is 9.21. The molecule has 2 N–H and O–H groups in total. The van der Waals surface area contributed by atoms with Crippen molar-refractivity contribution < 1.29 is 14.3 Å². The fourth-order valence-corrected chi connectivity index (χ4v) is 5.04. The van der Waals surface area contributed by atoms with Gasteiger partial charge in [0.15, 0.2) is 0 Å². The molecule has 1 amide bonds. The molecule has 2 unspecified atom stereocenters. The fourth-order valence-electron chi connectivity index (χ4n) is 5.04. The number of halogens is 1. The number of rotatable bonds is 5. The topological polar surface area (TPSA) is 56.3 Å². The van der Waals surface area contributed by atoms with Gasteiger partial charge in [0.2, 0.25) is 5.91 Å². The molecule has 1 aromatic carbocycles. The summed E-state index contributed by atoms with van der Waals surface area (Å²) >= 11 is 0. The number of carbonyl (C=O) groups is 1. The summed E-state index contributed by atoms with van der Waals surface area (Å²) in [4.78, 5) is 18.0. The Kier molecular flexibility index (Phi) is 5.39. The van der Waals surface area contributed by atoms with Crippen molar-refractivity contribution in [2.45, 2.75) is 57.7 Å². The van der Waals surface area contributed by atoms with Crippen LogP contribution in [0.25, 0.3) is 5.57 Å². The molecule has 0 bridgehead atoms. The molecule has 1 aromatic heterocycles. The number of H-pyrrole nitrogens is 1. The number of aromatic amines is 1. The molecule has 1 saturated carbocycles. The molecule has 4 rings (SSSR count). The first-order chi connectivity index (χ1) is 14.1. The molecule has 2 heterocycles. The minimum atomic E-state index is -1.21. The molecule has 2 atom stereocenters. The zero-order valence-electron chi connectivity index (χ0n) is 17.6. The first-order valence-corrected chi connectivity index (χ1v) is 10.6. The number of aliphatic hydroxyl groups is 1. The predicted molar refractivity (Wildman–Crippen MR) is 117 cm³/mol. The van der Waals surface area contributed by atoms with E-state index >= 15 is 0 Å². The molecular weight excluding hydrogens is 378 g/mol. The number of nitrogens with one attached hydrogen (secondary N) is 1. The lowest BCUT2D eigenvalue weighted by molar-refractivity contribution is -0.162. The average Bonchev–Trinajstić information content (AvgIpc) is 3.19. The predicted octanol–water partition coefficient (Wildman–Crippen LogP) is 3.76. The van der Waals surface area contributed by atoms with Crippen molar-refractivity contribution in [3.63, 3.8) is 0 Å². The fraction of sp³-hybridized carbons (Fsp3) is 0.458. The number of allylic oxidation sites excluding steroid dienone is 1. The third kappa shape index (κ3) is 3.98. The lowest BCUT2D eigenvalue weighted by Crippen LogP contribution is -2.50. The third-order valence-electron chi connectivity index (χ3n) is 6.62. The number of likely N-dealkylation sites (tertiary alicyclic amines) is 1. The largest absolute Gasteiger partial charge is 0.371 e. The maximum Gasteiger partial charge on any atom is 0.228 e. The van der Waals surface area contributed by atoms with Crippen molar-refractivity contribution in [3.8, 4) is 0 Å². The number of nitrogens with zero attached hydrogens (tertiary/aromatic N) is 1. The van der Waals surface area contributed by atoms with E-state index in [9.17, 15) is 14.3 Å². The number of carbonyl (C=O) groups excluding carboxylic acids is 1. The lowest BCUT2D eigenvalue weighted by atomic mass is 9.71. The molecule has 0 spiro atoms. The molecule has 1 aliphatic carbocycles. The summed E-state index contributed by atoms with van der Waals surface area (Å²) in [7, 11) is 5.74. The van der Waals surface area contributed by atoms with Gasteiger partial charge in [-0.1, -0.05) is 18.7 Å². The molecule has 2 aliphatic rings. The molecule has 2 radical (unpaired) electrons. The molecule has 6 heteroatoms. The Bertz CT molecular complexity index is 957. The van der Waals surface area contributed by atoms with Crippen molar-refractivity contribution in [2.75, 3.05) is 0 Å². The van der Waals surface area contributed by atoms with Gasteiger partial charge in [0, 0.05) is 11.6 Å². The van der Waals surface area contributed by atoms with Crippen molar-refractivity contribution in [1.82, 2.24) is 9.88 Å². The Labute approximate surface area is 178 Å². The van der Waals surface area contributed by atoms with Crippen molar-refractivity contribution in [2.24, 2.45) is 11.8 Å². The summed E-state index contributed by atoms with van der Waals surface area (Å²) in [5.74, 6) is -0.0665. The van der Waals surface area contributed by atoms with Crippen LogP contribution in [-0.4, -0.2) is 34.5 Å². The van der Waals surface area contributed by atoms with Gasteiger partial charge in [0.25, 0.3) is 0 Å². The summed E-state index contributed by atoms with van der Waals surface area (Å²) in [5.41, 5.74) is 2.90. The van der Waals surface area contributed by atoms with Gasteiger partial charge in [0.05, 0.1) is 6.04 Å². The van der Waals surface area contributed by atoms with Crippen LogP contribution in [-0.2, 0) is 4.79 Å². The van der Waals surface area contributed by atoms with Gasteiger partial charge in [-0.25, -0.2) is 4.39 Å². The summed E-state index contributed by atoms with van der Waals surface area (Å²) in [5, 5.41) is 10.9. The van der Waals surface area contributed by atoms with Crippen LogP contribution in [0, 0.1) is 24.6 Å². The van der Waals surface area contributed by atoms with Crippen LogP contribution in [0.15, 0.2) is 36.9 Å². The zero-order valence-corrected chi connectivity index (χ0v) is 17.6. The molecule has 1 saturated heterocycles. The van der Waals surface area contributed by atoms with Crippen molar-refractivity contribution in [3.05, 3.63) is 59.5 Å². The van der Waals surface area contributed by atoms with E-state index in [1.165, 1.54) is 12.1 Å². The minimum Gasteiger partial charge on any atom is -0.371 e. The first kappa shape index (κ1) is 20.9. The Hall–Kier alpha value is -2.34. The highest BCUT2D eigenvalue weighted by atomic mass is 19.1. The van der Waals surface area contributed by atoms with Crippen molar-refractivity contribution >= 4 is 24.9 Å². The SMILES string of the molecule is [B]c1ccc(C(=C)CC2CC(C(=O)N3C(c4cc(C)cc(F)c4)CCC3(C)O)C2)[nH]1. The van der Waals surface area contributed by atoms with E-state index in [4.69, 9.17) is 7.85 Å². The van der Waals surface area contributed by atoms with E-state index in [1.807, 2.05) is 25.1 Å². The van der Waals surface area contributed by atoms with Gasteiger partial charge in [-0.05, 0) is 92.4 Å². The van der Waals surface area contributed by atoms with E-state index in [-0.39, 0.29) is 23.7 Å². The lowest BCUT2D eigenvalue weighted by Gasteiger charge is -2.42. The normalized spacial score (nSPS) is 28.4. The van der Waals surface area contributed by atoms with E-state index in [0.29, 0.717) is 24.4 Å². The maximum atomic E-state index is 14.0. The molecule has 156 valence electrons. The van der Waals surface area contributed by atoms with Crippen molar-refractivity contribution in [1.29, 1.82) is 0 Å². The highest BCUT2D eigenvalue weighted by Crippen LogP contribution is 2.47. The highest BCUT2D eigenvalue weighted by Gasteiger charge is 2.49. The molecule has 2 aromatic rings. The van der Waals surface area contributed by atoms with Crippen LogP contribution in [0.4, 0.5) is 4.39 Å². The Morgan fingerprint density at radius 3 is 2.73 bits per heavy atom. The molecule has 30 heavy (non-hydrogen) atoms. The number of amides is 1. The second kappa shape index (κ2) is 7.73. The van der Waals surface area contributed by atoms with Crippen LogP contribution >= 0.6 is 0 Å². The molecule has 4 nitrogen and oxygen atoms in total. The second-order valence-corrected chi connectivity index (χ2v) is 9.21. The van der Waals surface area contributed by atoms with E-state index in [2.05, 4.69) is 11.6 Å². The summed E-state index contributed by atoms with van der Waals surface area (Å²) in [6.45, 7) is 7.67. The quantitative estimate of drug-likeness (QED) is 0.743. The summed E-state index contributed by atoms with van der Waals surface area (Å²) in [6, 6.07) is 8.31. The monoisotopic (exact) mass is 406 g/mol. The first-order valence-electron chi connectivity index (χ1n) is 10.6. The number of hydrogen-bond donors (Lipinski definition) is 2. The van der Waals surface area contributed by atoms with E-state index in [1.54, 1.807) is 11.8 Å². The third-order valence-corrected chi connectivity index (χ3v) is 6.62. The average molecular weight is 406 g/mol. The van der Waals surface area contributed by atoms with Gasteiger partial charge in [-0.15, -0.1) is 0 Å². The number of benzene rings is 1. The maximum absolute atomic E-state index is 14.0. The molecular formula is C24H28BFN2O2. The van der Waals surface area contributed by atoms with Gasteiger partial charge < -0.3 is 15.0 Å². The number of aryl methyl sites for hydroxylation is 1. The molecule has 1 aliphatic heterocycles. The molecule has 2 fully saturated rings. The van der Waals surface area contributed by atoms with Crippen LogP contribution in [0.3, 0.4) is 0 Å². The van der Waals surface area contributed by atoms with Crippen LogP contribution in [0.5, 0.6) is 0 Å². The number of hydrogen-bond acceptors (Lipinski definition) is 2. The van der Waals surface area contributed by atoms with Gasteiger partial charge in [0.1, 0.15) is 19.4 Å². The van der Waals surface area contributed by atoms with Crippen LogP contribution in [0.1, 0.15) is 61.9 Å². The highest BCUT2D eigenvalue weighted by molar-refractivity contribution is 6.30. The van der Waals surface area contributed by atoms with Crippen LogP contribution in [0.2, 0.25) is 0 Å².